The number of fused-ring (bicyclic) bond motifs is 1. The Morgan fingerprint density at radius 1 is 0.706 bits per heavy atom. The molecule has 0 atom stereocenters. The molecule has 0 bridgehead atoms. The van der Waals surface area contributed by atoms with E-state index in [9.17, 15) is 4.79 Å². The van der Waals surface area contributed by atoms with Crippen molar-refractivity contribution < 1.29 is 4.79 Å². The molecule has 0 saturated heterocycles. The van der Waals surface area contributed by atoms with E-state index in [1.807, 2.05) is 91.0 Å². The summed E-state index contributed by atoms with van der Waals surface area (Å²) in [6, 6.07) is 33.1. The third-order valence-electron chi connectivity index (χ3n) is 5.63. The van der Waals surface area contributed by atoms with Gasteiger partial charge in [0.1, 0.15) is 0 Å². The topological polar surface area (TPSA) is 54.9 Å². The van der Waals surface area contributed by atoms with Crippen LogP contribution in [0.5, 0.6) is 0 Å². The molecule has 0 fully saturated rings. The van der Waals surface area contributed by atoms with Crippen molar-refractivity contribution in [2.45, 2.75) is 6.42 Å². The summed E-state index contributed by atoms with van der Waals surface area (Å²) in [5, 5.41) is 3.69. The van der Waals surface area contributed by atoms with Crippen LogP contribution in [0.4, 0.5) is 0 Å². The molecule has 1 heterocycles. The fourth-order valence-electron chi connectivity index (χ4n) is 3.86. The van der Waals surface area contributed by atoms with E-state index in [1.54, 1.807) is 12.1 Å². The van der Waals surface area contributed by atoms with Crippen molar-refractivity contribution in [1.82, 2.24) is 15.3 Å². The number of carbonyl (C=O) groups is 1. The highest BCUT2D eigenvalue weighted by Gasteiger charge is 2.14. The van der Waals surface area contributed by atoms with Gasteiger partial charge in [0.15, 0.2) is 0 Å². The van der Waals surface area contributed by atoms with E-state index < -0.39 is 0 Å². The Bertz CT molecular complexity index is 1440. The third kappa shape index (κ3) is 4.82. The number of benzene rings is 4. The highest BCUT2D eigenvalue weighted by atomic mass is 35.5. The number of halogens is 1. The summed E-state index contributed by atoms with van der Waals surface area (Å²) in [7, 11) is 0. The maximum absolute atomic E-state index is 12.8. The molecule has 0 unspecified atom stereocenters. The SMILES string of the molecule is O=C(NCCc1ccc(Cl)cc1)c1ccc2nc(-c3ccccc3)c(-c3ccccc3)nc2c1. The van der Waals surface area contributed by atoms with Crippen LogP contribution in [0.15, 0.2) is 103 Å². The summed E-state index contributed by atoms with van der Waals surface area (Å²) in [5.41, 5.74) is 6.70. The second kappa shape index (κ2) is 9.86. The van der Waals surface area contributed by atoms with Gasteiger partial charge in [-0.1, -0.05) is 84.4 Å². The molecule has 0 radical (unpaired) electrons. The van der Waals surface area contributed by atoms with Crippen LogP contribution >= 0.6 is 11.6 Å². The molecule has 0 aliphatic carbocycles. The lowest BCUT2D eigenvalue weighted by Crippen LogP contribution is -2.25. The minimum atomic E-state index is -0.133. The first-order valence-electron chi connectivity index (χ1n) is 11.1. The van der Waals surface area contributed by atoms with Crippen LogP contribution in [0.1, 0.15) is 15.9 Å². The third-order valence-corrected chi connectivity index (χ3v) is 5.89. The van der Waals surface area contributed by atoms with Crippen LogP contribution in [0.25, 0.3) is 33.5 Å². The largest absolute Gasteiger partial charge is 0.352 e. The van der Waals surface area contributed by atoms with Gasteiger partial charge in [0.25, 0.3) is 5.91 Å². The van der Waals surface area contributed by atoms with Crippen molar-refractivity contribution >= 4 is 28.5 Å². The summed E-state index contributed by atoms with van der Waals surface area (Å²) < 4.78 is 0. The van der Waals surface area contributed by atoms with Crippen molar-refractivity contribution in [2.75, 3.05) is 6.54 Å². The van der Waals surface area contributed by atoms with Crippen LogP contribution in [0, 0.1) is 0 Å². The Morgan fingerprint density at radius 3 is 1.91 bits per heavy atom. The number of carbonyl (C=O) groups excluding carboxylic acids is 1. The average Bonchev–Trinajstić information content (AvgIpc) is 2.89. The van der Waals surface area contributed by atoms with Gasteiger partial charge in [-0.3, -0.25) is 4.79 Å². The number of hydrogen-bond acceptors (Lipinski definition) is 3. The van der Waals surface area contributed by atoms with Gasteiger partial charge in [-0.05, 0) is 42.3 Å². The minimum absolute atomic E-state index is 0.133. The van der Waals surface area contributed by atoms with Gasteiger partial charge in [-0.2, -0.15) is 0 Å². The van der Waals surface area contributed by atoms with E-state index in [0.29, 0.717) is 22.6 Å². The second-order valence-electron chi connectivity index (χ2n) is 7.99. The molecule has 5 heteroatoms. The molecule has 1 amide bonds. The zero-order valence-electron chi connectivity index (χ0n) is 18.4. The van der Waals surface area contributed by atoms with Crippen molar-refractivity contribution in [2.24, 2.45) is 0 Å². The van der Waals surface area contributed by atoms with E-state index >= 15 is 0 Å². The smallest absolute Gasteiger partial charge is 0.251 e. The molecule has 5 rings (SSSR count). The number of nitrogens with zero attached hydrogens (tertiary/aromatic N) is 2. The monoisotopic (exact) mass is 463 g/mol. The number of rotatable bonds is 6. The lowest BCUT2D eigenvalue weighted by Gasteiger charge is -2.11. The fourth-order valence-corrected chi connectivity index (χ4v) is 3.99. The predicted octanol–water partition coefficient (Wildman–Crippen LogP) is 6.59. The summed E-state index contributed by atoms with van der Waals surface area (Å²) in [4.78, 5) is 22.7. The molecule has 0 saturated carbocycles. The van der Waals surface area contributed by atoms with E-state index in [4.69, 9.17) is 21.6 Å². The summed E-state index contributed by atoms with van der Waals surface area (Å²) in [5.74, 6) is -0.133. The molecule has 1 N–H and O–H groups in total. The van der Waals surface area contributed by atoms with E-state index in [1.165, 1.54) is 0 Å². The van der Waals surface area contributed by atoms with Crippen molar-refractivity contribution in [3.05, 3.63) is 119 Å². The van der Waals surface area contributed by atoms with Crippen molar-refractivity contribution in [3.8, 4) is 22.5 Å². The van der Waals surface area contributed by atoms with Crippen molar-refractivity contribution in [1.29, 1.82) is 0 Å². The number of hydrogen-bond donors (Lipinski definition) is 1. The fraction of sp³-hybridized carbons (Fsp3) is 0.0690. The number of nitrogens with one attached hydrogen (secondary N) is 1. The molecule has 1 aromatic heterocycles. The van der Waals surface area contributed by atoms with Gasteiger partial charge in [0.05, 0.1) is 22.4 Å². The first kappa shape index (κ1) is 21.8. The molecule has 34 heavy (non-hydrogen) atoms. The van der Waals surface area contributed by atoms with Crippen LogP contribution in [-0.2, 0) is 6.42 Å². The van der Waals surface area contributed by atoms with Gasteiger partial charge in [0.2, 0.25) is 0 Å². The highest BCUT2D eigenvalue weighted by molar-refractivity contribution is 6.30. The Labute approximate surface area is 203 Å². The normalized spacial score (nSPS) is 10.9. The predicted molar refractivity (Wildman–Crippen MR) is 138 cm³/mol. The lowest BCUT2D eigenvalue weighted by molar-refractivity contribution is 0.0954. The maximum Gasteiger partial charge on any atom is 0.251 e. The van der Waals surface area contributed by atoms with E-state index in [2.05, 4.69) is 5.32 Å². The second-order valence-corrected chi connectivity index (χ2v) is 8.43. The minimum Gasteiger partial charge on any atom is -0.352 e. The van der Waals surface area contributed by atoms with Gasteiger partial charge in [0, 0.05) is 28.3 Å². The summed E-state index contributed by atoms with van der Waals surface area (Å²) >= 11 is 5.94. The van der Waals surface area contributed by atoms with Gasteiger partial charge in [-0.25, -0.2) is 9.97 Å². The standard InChI is InChI=1S/C29H22ClN3O/c30-24-14-11-20(12-15-24)17-18-31-29(34)23-13-16-25-26(19-23)33-28(22-9-5-2-6-10-22)27(32-25)21-7-3-1-4-8-21/h1-16,19H,17-18H2,(H,31,34). The van der Waals surface area contributed by atoms with E-state index in [-0.39, 0.29) is 5.91 Å². The molecule has 0 aliphatic rings. The summed E-state index contributed by atoms with van der Waals surface area (Å²) in [6.07, 6.45) is 0.731. The van der Waals surface area contributed by atoms with Crippen LogP contribution in [-0.4, -0.2) is 22.4 Å². The van der Waals surface area contributed by atoms with Crippen LogP contribution in [0.2, 0.25) is 5.02 Å². The Morgan fingerprint density at radius 2 is 1.29 bits per heavy atom. The molecular weight excluding hydrogens is 442 g/mol. The number of aromatic nitrogens is 2. The van der Waals surface area contributed by atoms with Gasteiger partial charge < -0.3 is 5.32 Å². The van der Waals surface area contributed by atoms with Gasteiger partial charge in [-0.15, -0.1) is 0 Å². The lowest BCUT2D eigenvalue weighted by atomic mass is 10.0. The Hall–Kier alpha value is -4.02. The zero-order valence-corrected chi connectivity index (χ0v) is 19.2. The highest BCUT2D eigenvalue weighted by Crippen LogP contribution is 2.31. The Balaban J connectivity index is 1.44. The maximum atomic E-state index is 12.8. The molecule has 0 aliphatic heterocycles. The Kier molecular flexibility index (Phi) is 6.32. The number of amides is 1. The van der Waals surface area contributed by atoms with Gasteiger partial charge >= 0.3 is 0 Å². The molecular formula is C29H22ClN3O. The van der Waals surface area contributed by atoms with Crippen LogP contribution < -0.4 is 5.32 Å². The molecule has 4 nitrogen and oxygen atoms in total. The first-order valence-corrected chi connectivity index (χ1v) is 11.5. The van der Waals surface area contributed by atoms with E-state index in [0.717, 1.165) is 40.0 Å². The molecule has 0 spiro atoms. The summed E-state index contributed by atoms with van der Waals surface area (Å²) in [6.45, 7) is 0.534. The average molecular weight is 464 g/mol. The molecule has 5 aromatic rings. The molecule has 4 aromatic carbocycles. The first-order chi connectivity index (χ1) is 16.7. The van der Waals surface area contributed by atoms with Crippen LogP contribution in [0.3, 0.4) is 0 Å². The molecule has 166 valence electrons. The van der Waals surface area contributed by atoms with Crippen molar-refractivity contribution in [3.63, 3.8) is 0 Å². The zero-order chi connectivity index (χ0) is 23.3. The quantitative estimate of drug-likeness (QED) is 0.309.